The van der Waals surface area contributed by atoms with Crippen LogP contribution in [0.3, 0.4) is 0 Å². The van der Waals surface area contributed by atoms with Gasteiger partial charge in [-0.3, -0.25) is 0 Å². The minimum Gasteiger partial charge on any atom is -0.415 e. The molecule has 0 saturated heterocycles. The fourth-order valence-electron chi connectivity index (χ4n) is 8.53. The lowest BCUT2D eigenvalue weighted by Crippen LogP contribution is -2.61. The Kier molecular flexibility index (Phi) is 6.62. The van der Waals surface area contributed by atoms with Crippen LogP contribution in [0.4, 0.5) is 0 Å². The molecule has 0 bridgehead atoms. The van der Waals surface area contributed by atoms with E-state index in [-0.39, 0.29) is 5.41 Å². The Hall–Kier alpha value is -0.176. The van der Waals surface area contributed by atoms with Crippen molar-refractivity contribution in [1.29, 1.82) is 0 Å². The summed E-state index contributed by atoms with van der Waals surface area (Å²) in [6.07, 6.45) is 10.9. The zero-order valence-electron chi connectivity index (χ0n) is 22.3. The van der Waals surface area contributed by atoms with E-state index in [9.17, 15) is 0 Å². The summed E-state index contributed by atoms with van der Waals surface area (Å²) in [4.78, 5) is 5.31. The molecule has 6 heteroatoms. The molecule has 4 aliphatic carbocycles. The van der Waals surface area contributed by atoms with E-state index in [1.165, 1.54) is 44.2 Å². The van der Waals surface area contributed by atoms with Crippen molar-refractivity contribution in [3.8, 4) is 0 Å². The quantitative estimate of drug-likeness (QED) is 0.312. The van der Waals surface area contributed by atoms with Gasteiger partial charge < -0.3 is 13.7 Å². The molecule has 0 aliphatic heterocycles. The monoisotopic (exact) mass is 479 g/mol. The van der Waals surface area contributed by atoms with Crippen molar-refractivity contribution in [2.75, 3.05) is 7.11 Å². The average Bonchev–Trinajstić information content (AvgIpc) is 2.95. The highest BCUT2D eigenvalue weighted by Gasteiger charge is 2.63. The van der Waals surface area contributed by atoms with E-state index in [2.05, 4.69) is 58.3 Å². The van der Waals surface area contributed by atoms with Gasteiger partial charge in [-0.2, -0.15) is 0 Å². The first kappa shape index (κ1) is 24.9. The minimum atomic E-state index is -1.66. The molecule has 5 unspecified atom stereocenters. The Balaban J connectivity index is 1.65. The molecule has 4 rings (SSSR count). The molecule has 0 spiro atoms. The van der Waals surface area contributed by atoms with Crippen molar-refractivity contribution in [2.24, 2.45) is 39.7 Å². The smallest absolute Gasteiger partial charge is 0.184 e. The van der Waals surface area contributed by atoms with Gasteiger partial charge in [0.05, 0.1) is 5.71 Å². The van der Waals surface area contributed by atoms with E-state index in [0.717, 1.165) is 30.6 Å². The van der Waals surface area contributed by atoms with Crippen LogP contribution < -0.4 is 0 Å². The van der Waals surface area contributed by atoms with Crippen LogP contribution in [0.25, 0.3) is 0 Å². The van der Waals surface area contributed by atoms with Gasteiger partial charge in [-0.1, -0.05) is 19.0 Å². The van der Waals surface area contributed by atoms with Crippen LogP contribution in [0.2, 0.25) is 39.3 Å². The van der Waals surface area contributed by atoms with Crippen LogP contribution in [-0.2, 0) is 13.7 Å². The highest BCUT2D eigenvalue weighted by molar-refractivity contribution is 6.70. The van der Waals surface area contributed by atoms with Crippen molar-refractivity contribution in [2.45, 2.75) is 117 Å². The van der Waals surface area contributed by atoms with E-state index < -0.39 is 16.6 Å². The number of hydrogen-bond acceptors (Lipinski definition) is 4. The first-order valence-electron chi connectivity index (χ1n) is 13.2. The molecule has 0 N–H and O–H groups in total. The number of nitrogens with zero attached hydrogens (tertiary/aromatic N) is 1. The third-order valence-electron chi connectivity index (χ3n) is 9.50. The third-order valence-corrected chi connectivity index (χ3v) is 11.5. The Labute approximate surface area is 199 Å². The second kappa shape index (κ2) is 8.49. The summed E-state index contributed by atoms with van der Waals surface area (Å²) >= 11 is 0. The Bertz CT molecular complexity index is 730. The molecule has 32 heavy (non-hydrogen) atoms. The average molecular weight is 480 g/mol. The van der Waals surface area contributed by atoms with E-state index >= 15 is 0 Å². The topological polar surface area (TPSA) is 40.0 Å². The fourth-order valence-corrected chi connectivity index (χ4v) is 10.9. The predicted molar refractivity (Wildman–Crippen MR) is 138 cm³/mol. The molecule has 0 radical (unpaired) electrons. The highest BCUT2D eigenvalue weighted by atomic mass is 28.4. The molecule has 184 valence electrons. The van der Waals surface area contributed by atoms with Crippen LogP contribution in [0.1, 0.15) is 65.2 Å². The lowest BCUT2D eigenvalue weighted by atomic mass is 9.44. The molecule has 8 atom stereocenters. The maximum Gasteiger partial charge on any atom is 0.184 e. The van der Waals surface area contributed by atoms with Gasteiger partial charge >= 0.3 is 0 Å². The fraction of sp³-hybridized carbons (Fsp3) is 0.962. The van der Waals surface area contributed by atoms with Crippen molar-refractivity contribution in [1.82, 2.24) is 0 Å². The highest BCUT2D eigenvalue weighted by Crippen LogP contribution is 2.66. The first-order chi connectivity index (χ1) is 14.8. The molecule has 4 nitrogen and oxygen atoms in total. The number of fused-ring (bicyclic) bond motifs is 5. The molecule has 0 aromatic heterocycles. The van der Waals surface area contributed by atoms with Crippen molar-refractivity contribution in [3.63, 3.8) is 0 Å². The SMILES string of the molecule is CO/N=C1/CCC2C3CC[C@H]4C[C@H](O[Si](C)(C)C)CCC4(C)C3[C@@H](O[Si](C)(C)C)CC12C. The van der Waals surface area contributed by atoms with Gasteiger partial charge in [0.15, 0.2) is 16.6 Å². The molecular weight excluding hydrogens is 430 g/mol. The second-order valence-electron chi connectivity index (χ2n) is 13.9. The molecule has 4 aliphatic rings. The number of hydrogen-bond donors (Lipinski definition) is 0. The summed E-state index contributed by atoms with van der Waals surface area (Å²) in [7, 11) is -1.45. The van der Waals surface area contributed by atoms with Gasteiger partial charge in [0.1, 0.15) is 7.11 Å². The lowest BCUT2D eigenvalue weighted by molar-refractivity contribution is -0.157. The van der Waals surface area contributed by atoms with Gasteiger partial charge in [-0.25, -0.2) is 0 Å². The van der Waals surface area contributed by atoms with Crippen molar-refractivity contribution >= 4 is 22.3 Å². The van der Waals surface area contributed by atoms with E-state index in [1.807, 2.05) is 0 Å². The molecular formula is C26H49NO3Si2. The maximum absolute atomic E-state index is 7.09. The van der Waals surface area contributed by atoms with Crippen LogP contribution in [0.5, 0.6) is 0 Å². The number of oxime groups is 1. The zero-order chi connectivity index (χ0) is 23.5. The van der Waals surface area contributed by atoms with Crippen LogP contribution in [0.15, 0.2) is 5.16 Å². The number of rotatable bonds is 5. The summed E-state index contributed by atoms with van der Waals surface area (Å²) < 4.78 is 13.7. The molecule has 0 heterocycles. The van der Waals surface area contributed by atoms with Gasteiger partial charge in [-0.15, -0.1) is 0 Å². The van der Waals surface area contributed by atoms with E-state index in [0.29, 0.717) is 23.5 Å². The van der Waals surface area contributed by atoms with E-state index in [4.69, 9.17) is 13.7 Å². The lowest BCUT2D eigenvalue weighted by Gasteiger charge is -2.63. The summed E-state index contributed by atoms with van der Waals surface area (Å²) in [6.45, 7) is 19.3. The molecule has 0 aromatic carbocycles. The van der Waals surface area contributed by atoms with Gasteiger partial charge in [0.25, 0.3) is 0 Å². The predicted octanol–water partition coefficient (Wildman–Crippen LogP) is 7.08. The molecule has 0 amide bonds. The Morgan fingerprint density at radius 3 is 2.22 bits per heavy atom. The normalized spacial score (nSPS) is 45.8. The summed E-state index contributed by atoms with van der Waals surface area (Å²) in [5.74, 6) is 2.96. The molecule has 0 aromatic rings. The minimum absolute atomic E-state index is 0.142. The summed E-state index contributed by atoms with van der Waals surface area (Å²) in [6, 6.07) is 0. The Morgan fingerprint density at radius 1 is 0.906 bits per heavy atom. The standard InChI is InChI=1S/C26H49NO3Si2/c1-25-15-14-19(29-31(4,5)6)16-18(25)10-11-20-21-12-13-23(27-28-3)26(21,2)17-22(24(20)25)30-32(7,8)9/h18-22,24H,10-17H2,1-9H3/b27-23-/t18-,19+,20?,21?,22-,24?,25?,26?/m0/s1. The Morgan fingerprint density at radius 2 is 1.59 bits per heavy atom. The molecule has 4 fully saturated rings. The molecule has 4 saturated carbocycles. The van der Waals surface area contributed by atoms with Crippen molar-refractivity contribution < 1.29 is 13.7 Å². The first-order valence-corrected chi connectivity index (χ1v) is 20.0. The summed E-state index contributed by atoms with van der Waals surface area (Å²) in [5, 5.41) is 4.55. The van der Waals surface area contributed by atoms with Gasteiger partial charge in [-0.05, 0) is 120 Å². The largest absolute Gasteiger partial charge is 0.415 e. The van der Waals surface area contributed by atoms with Gasteiger partial charge in [0.2, 0.25) is 0 Å². The van der Waals surface area contributed by atoms with Crippen LogP contribution in [-0.4, -0.2) is 41.7 Å². The van der Waals surface area contributed by atoms with Crippen molar-refractivity contribution in [3.05, 3.63) is 0 Å². The maximum atomic E-state index is 7.09. The van der Waals surface area contributed by atoms with Crippen LogP contribution in [0, 0.1) is 34.5 Å². The third kappa shape index (κ3) is 4.55. The zero-order valence-corrected chi connectivity index (χ0v) is 24.3. The van der Waals surface area contributed by atoms with E-state index in [1.54, 1.807) is 7.11 Å². The van der Waals surface area contributed by atoms with Gasteiger partial charge in [0, 0.05) is 17.6 Å². The van der Waals surface area contributed by atoms with Crippen LogP contribution >= 0.6 is 0 Å². The summed E-state index contributed by atoms with van der Waals surface area (Å²) in [5.41, 5.74) is 1.82. The second-order valence-corrected chi connectivity index (χ2v) is 22.8.